The first kappa shape index (κ1) is 27.9. The van der Waals surface area contributed by atoms with Crippen LogP contribution < -0.4 is 14.8 Å². The van der Waals surface area contributed by atoms with Crippen molar-refractivity contribution in [2.24, 2.45) is 0 Å². The number of aromatic nitrogens is 2. The Balaban J connectivity index is 1.34. The second kappa shape index (κ2) is 10.7. The van der Waals surface area contributed by atoms with Gasteiger partial charge >= 0.3 is 18.4 Å². The number of benzene rings is 3. The molecule has 0 fully saturated rings. The number of anilines is 1. The first-order chi connectivity index (χ1) is 19.4. The van der Waals surface area contributed by atoms with E-state index in [0.29, 0.717) is 5.56 Å². The van der Waals surface area contributed by atoms with Gasteiger partial charge in [-0.2, -0.15) is 13.2 Å². The van der Waals surface area contributed by atoms with E-state index in [1.54, 1.807) is 31.2 Å². The van der Waals surface area contributed by atoms with Gasteiger partial charge in [-0.25, -0.2) is 4.98 Å². The van der Waals surface area contributed by atoms with Crippen LogP contribution in [0, 0.1) is 0 Å². The fourth-order valence-corrected chi connectivity index (χ4v) is 4.45. The Morgan fingerprint density at radius 1 is 1.00 bits per heavy atom. The van der Waals surface area contributed by atoms with Gasteiger partial charge in [0.15, 0.2) is 11.5 Å². The predicted molar refractivity (Wildman–Crippen MR) is 136 cm³/mol. The molecule has 0 bridgehead atoms. The zero-order valence-electron chi connectivity index (χ0n) is 21.4. The molecule has 4 aromatic rings. The number of hydrogen-bond donors (Lipinski definition) is 1. The van der Waals surface area contributed by atoms with E-state index in [2.05, 4.69) is 19.8 Å². The quantitative estimate of drug-likeness (QED) is 0.214. The lowest BCUT2D eigenvalue weighted by atomic mass is 10.1. The van der Waals surface area contributed by atoms with Crippen LogP contribution in [0.5, 0.6) is 11.5 Å². The average molecular weight is 575 g/mol. The normalized spacial score (nSPS) is 13.8. The van der Waals surface area contributed by atoms with Crippen molar-refractivity contribution in [3.8, 4) is 11.5 Å². The van der Waals surface area contributed by atoms with Gasteiger partial charge < -0.3 is 24.1 Å². The van der Waals surface area contributed by atoms with Gasteiger partial charge in [-0.3, -0.25) is 9.59 Å². The molecule has 2 heterocycles. The highest BCUT2D eigenvalue weighted by atomic mass is 19.4. The van der Waals surface area contributed by atoms with E-state index in [-0.39, 0.29) is 59.2 Å². The summed E-state index contributed by atoms with van der Waals surface area (Å²) in [6.07, 6.45) is -8.71. The molecule has 1 aliphatic heterocycles. The minimum atomic E-state index is -4.86. The van der Waals surface area contributed by atoms with E-state index in [4.69, 9.17) is 4.74 Å². The van der Waals surface area contributed by atoms with Gasteiger partial charge in [0.05, 0.1) is 37.0 Å². The van der Waals surface area contributed by atoms with Gasteiger partial charge in [-0.1, -0.05) is 36.4 Å². The first-order valence-electron chi connectivity index (χ1n) is 12.4. The highest BCUT2D eigenvalue weighted by Crippen LogP contribution is 2.44. The maximum atomic E-state index is 13.9. The van der Waals surface area contributed by atoms with Crippen molar-refractivity contribution in [2.45, 2.75) is 38.8 Å². The number of fused-ring (bicyclic) bond motifs is 2. The third-order valence-corrected chi connectivity index (χ3v) is 6.17. The summed E-state index contributed by atoms with van der Waals surface area (Å²) in [5.74, 6) is -2.67. The van der Waals surface area contributed by atoms with Crippen LogP contribution >= 0.6 is 0 Å². The largest absolute Gasteiger partial charge is 0.586 e. The fraction of sp³-hybridized carbons (Fsp3) is 0.250. The number of nitrogens with zero attached hydrogens (tertiary/aromatic N) is 2. The number of hydrogen-bond acceptors (Lipinski definition) is 6. The lowest BCUT2D eigenvalue weighted by molar-refractivity contribution is -0.287. The second-order valence-electron chi connectivity index (χ2n) is 9.16. The highest BCUT2D eigenvalue weighted by Gasteiger charge is 2.45. The summed E-state index contributed by atoms with van der Waals surface area (Å²) in [6.45, 7) is 1.51. The topological polar surface area (TPSA) is 91.7 Å². The molecule has 41 heavy (non-hydrogen) atoms. The van der Waals surface area contributed by atoms with Gasteiger partial charge in [0, 0.05) is 11.3 Å². The molecule has 5 rings (SSSR count). The molecule has 1 aromatic heterocycles. The maximum absolute atomic E-state index is 13.9. The third-order valence-electron chi connectivity index (χ3n) is 6.17. The molecule has 0 atom stereocenters. The summed E-state index contributed by atoms with van der Waals surface area (Å²) >= 11 is 0. The van der Waals surface area contributed by atoms with Crippen LogP contribution in [0.25, 0.3) is 11.0 Å². The first-order valence-corrected chi connectivity index (χ1v) is 12.4. The zero-order valence-corrected chi connectivity index (χ0v) is 21.4. The molecule has 0 aliphatic carbocycles. The third kappa shape index (κ3) is 6.23. The standard InChI is InChI=1S/C28H22F5N3O5/c1-2-39-24(38)13-17-8-6-16(7-9-17)12-23(37)34-19-10-11-21-20(14-19)35-26(27(29,30)31)36(21)15-18-4-3-5-22-25(18)41-28(32,33)40-22/h3-11,14H,2,12-13,15H2,1H3,(H,34,37). The van der Waals surface area contributed by atoms with E-state index < -0.39 is 30.7 Å². The van der Waals surface area contributed by atoms with Crippen LogP contribution in [0.2, 0.25) is 0 Å². The van der Waals surface area contributed by atoms with Crippen LogP contribution in [0.1, 0.15) is 29.4 Å². The van der Waals surface area contributed by atoms with E-state index >= 15 is 0 Å². The number of esters is 1. The maximum Gasteiger partial charge on any atom is 0.586 e. The van der Waals surface area contributed by atoms with Gasteiger partial charge in [-0.05, 0) is 42.3 Å². The second-order valence-corrected chi connectivity index (χ2v) is 9.16. The number of rotatable bonds is 8. The van der Waals surface area contributed by atoms with Crippen LogP contribution in [-0.4, -0.2) is 34.3 Å². The van der Waals surface area contributed by atoms with Gasteiger partial charge in [-0.15, -0.1) is 8.78 Å². The minimum absolute atomic E-state index is 0.0220. The highest BCUT2D eigenvalue weighted by molar-refractivity contribution is 5.94. The van der Waals surface area contributed by atoms with E-state index in [1.807, 2.05) is 0 Å². The van der Waals surface area contributed by atoms with Crippen molar-refractivity contribution in [3.63, 3.8) is 0 Å². The number of imidazole rings is 1. The number of halogens is 5. The monoisotopic (exact) mass is 575 g/mol. The summed E-state index contributed by atoms with van der Waals surface area (Å²) in [6, 6.07) is 14.8. The fourth-order valence-electron chi connectivity index (χ4n) is 4.45. The van der Waals surface area contributed by atoms with Gasteiger partial charge in [0.25, 0.3) is 0 Å². The molecule has 1 N–H and O–H groups in total. The molecular formula is C28H22F5N3O5. The van der Waals surface area contributed by atoms with Crippen molar-refractivity contribution >= 4 is 28.6 Å². The zero-order chi connectivity index (χ0) is 29.4. The van der Waals surface area contributed by atoms with Crippen LogP contribution in [0.4, 0.5) is 27.6 Å². The molecule has 1 amide bonds. The Bertz CT molecular complexity index is 1620. The number of para-hydroxylation sites is 1. The van der Waals surface area contributed by atoms with Crippen LogP contribution in [-0.2, 0) is 39.9 Å². The molecule has 3 aromatic carbocycles. The van der Waals surface area contributed by atoms with Crippen molar-refractivity contribution in [1.82, 2.24) is 9.55 Å². The summed E-state index contributed by atoms with van der Waals surface area (Å²) in [5.41, 5.74) is 1.64. The summed E-state index contributed by atoms with van der Waals surface area (Å²) in [7, 11) is 0. The predicted octanol–water partition coefficient (Wildman–Crippen LogP) is 5.71. The molecule has 0 radical (unpaired) electrons. The Morgan fingerprint density at radius 3 is 2.39 bits per heavy atom. The SMILES string of the molecule is CCOC(=O)Cc1ccc(CC(=O)Nc2ccc3c(c2)nc(C(F)(F)F)n3Cc2cccc3c2OC(F)(F)O3)cc1. The molecule has 13 heteroatoms. The summed E-state index contributed by atoms with van der Waals surface area (Å²) in [5, 5.41) is 2.64. The van der Waals surface area contributed by atoms with E-state index in [1.165, 1.54) is 36.4 Å². The van der Waals surface area contributed by atoms with Gasteiger partial charge in [0.2, 0.25) is 11.7 Å². The number of alkyl halides is 5. The molecule has 0 spiro atoms. The lowest BCUT2D eigenvalue weighted by Gasteiger charge is -2.13. The van der Waals surface area contributed by atoms with Gasteiger partial charge in [0.1, 0.15) is 0 Å². The van der Waals surface area contributed by atoms with E-state index in [0.717, 1.165) is 10.1 Å². The molecule has 0 saturated carbocycles. The Kier molecular flexibility index (Phi) is 7.28. The molecular weight excluding hydrogens is 553 g/mol. The number of ether oxygens (including phenoxy) is 3. The smallest absolute Gasteiger partial charge is 0.466 e. The number of carbonyl (C=O) groups is 2. The molecule has 0 saturated heterocycles. The van der Waals surface area contributed by atoms with E-state index in [9.17, 15) is 31.5 Å². The Labute approximate surface area is 229 Å². The molecule has 1 aliphatic rings. The Hall–Kier alpha value is -4.68. The van der Waals surface area contributed by atoms with Crippen molar-refractivity contribution in [2.75, 3.05) is 11.9 Å². The number of nitrogens with one attached hydrogen (secondary N) is 1. The summed E-state index contributed by atoms with van der Waals surface area (Å²) in [4.78, 5) is 28.0. The Morgan fingerprint density at radius 2 is 1.71 bits per heavy atom. The van der Waals surface area contributed by atoms with Crippen molar-refractivity contribution < 1.29 is 45.8 Å². The molecule has 8 nitrogen and oxygen atoms in total. The number of amides is 1. The van der Waals surface area contributed by atoms with Crippen molar-refractivity contribution in [1.29, 1.82) is 0 Å². The number of carbonyl (C=O) groups excluding carboxylic acids is 2. The summed E-state index contributed by atoms with van der Waals surface area (Å²) < 4.78 is 83.6. The molecule has 214 valence electrons. The minimum Gasteiger partial charge on any atom is -0.466 e. The molecule has 0 unspecified atom stereocenters. The lowest BCUT2D eigenvalue weighted by Crippen LogP contribution is -2.26. The average Bonchev–Trinajstić information content (AvgIpc) is 3.41. The van der Waals surface area contributed by atoms with Crippen molar-refractivity contribution in [3.05, 3.63) is 83.2 Å². The van der Waals surface area contributed by atoms with Crippen LogP contribution in [0.3, 0.4) is 0 Å². The van der Waals surface area contributed by atoms with Crippen LogP contribution in [0.15, 0.2) is 60.7 Å².